The summed E-state index contributed by atoms with van der Waals surface area (Å²) < 4.78 is 11.6. The number of carbonyl (C=O) groups excluding carboxylic acids is 1. The minimum Gasteiger partial charge on any atom is -0.489 e. The van der Waals surface area contributed by atoms with Gasteiger partial charge in [-0.15, -0.1) is 0 Å². The molecule has 0 fully saturated rings. The van der Waals surface area contributed by atoms with Gasteiger partial charge in [-0.25, -0.2) is 0 Å². The zero-order valence-corrected chi connectivity index (χ0v) is 21.7. The van der Waals surface area contributed by atoms with Crippen molar-refractivity contribution in [3.05, 3.63) is 75.5 Å². The standard InChI is InChI=1S/C27H28Cl2N2O5/c1-15(2)26-20(25(31-36-26)23-21(28)5-4-6-22(23)29)14-35-19-11-8-17(9-12-19)7-10-18(32)13-16(3)24(30)27(33)34/h4-12,15-16,24H,13-14,30H2,1-3H3,(H,33,34)/t16?,24-/m0/s1. The van der Waals surface area contributed by atoms with Gasteiger partial charge in [-0.1, -0.05) is 73.4 Å². The van der Waals surface area contributed by atoms with Crippen molar-refractivity contribution in [2.75, 3.05) is 0 Å². The van der Waals surface area contributed by atoms with Crippen molar-refractivity contribution in [1.29, 1.82) is 0 Å². The van der Waals surface area contributed by atoms with Gasteiger partial charge in [0.15, 0.2) is 5.78 Å². The van der Waals surface area contributed by atoms with Crippen LogP contribution < -0.4 is 10.5 Å². The Morgan fingerprint density at radius 3 is 2.33 bits per heavy atom. The molecule has 1 aromatic heterocycles. The highest BCUT2D eigenvalue weighted by Gasteiger charge is 2.24. The molecule has 190 valence electrons. The lowest BCUT2D eigenvalue weighted by Gasteiger charge is -2.13. The maximum absolute atomic E-state index is 12.1. The molecule has 1 unspecified atom stereocenters. The van der Waals surface area contributed by atoms with E-state index < -0.39 is 17.9 Å². The van der Waals surface area contributed by atoms with Crippen LogP contribution in [0.3, 0.4) is 0 Å². The van der Waals surface area contributed by atoms with Gasteiger partial charge in [0.05, 0.1) is 15.6 Å². The van der Waals surface area contributed by atoms with Gasteiger partial charge in [0, 0.05) is 17.9 Å². The Morgan fingerprint density at radius 2 is 1.75 bits per heavy atom. The number of halogens is 2. The number of ketones is 1. The number of carbonyl (C=O) groups is 2. The van der Waals surface area contributed by atoms with Crippen LogP contribution in [0.1, 0.15) is 50.0 Å². The first-order chi connectivity index (χ1) is 17.1. The highest BCUT2D eigenvalue weighted by molar-refractivity contribution is 6.39. The van der Waals surface area contributed by atoms with Gasteiger partial charge < -0.3 is 20.1 Å². The van der Waals surface area contributed by atoms with Crippen molar-refractivity contribution in [3.63, 3.8) is 0 Å². The first kappa shape index (κ1) is 27.5. The monoisotopic (exact) mass is 530 g/mol. The number of nitrogens with two attached hydrogens (primary N) is 1. The number of carboxylic acid groups (broad SMARTS) is 1. The van der Waals surface area contributed by atoms with Gasteiger partial charge in [0.2, 0.25) is 0 Å². The summed E-state index contributed by atoms with van der Waals surface area (Å²) in [6, 6.07) is 11.4. The highest BCUT2D eigenvalue weighted by Crippen LogP contribution is 2.38. The van der Waals surface area contributed by atoms with E-state index in [0.29, 0.717) is 32.8 Å². The number of allylic oxidation sites excluding steroid dienone is 1. The molecule has 0 aliphatic heterocycles. The molecule has 0 saturated heterocycles. The number of hydrogen-bond acceptors (Lipinski definition) is 6. The third kappa shape index (κ3) is 6.75. The van der Waals surface area contributed by atoms with Crippen molar-refractivity contribution in [2.45, 2.75) is 45.8 Å². The van der Waals surface area contributed by atoms with Gasteiger partial charge in [-0.05, 0) is 41.8 Å². The zero-order valence-electron chi connectivity index (χ0n) is 20.2. The molecule has 1 heterocycles. The number of carboxylic acids is 1. The fourth-order valence-corrected chi connectivity index (χ4v) is 4.19. The van der Waals surface area contributed by atoms with Crippen LogP contribution in [0.2, 0.25) is 10.0 Å². The SMILES string of the molecule is CC(C)c1onc(-c2c(Cl)cccc2Cl)c1COc1ccc(C=CC(=O)CC(C)[C@H](N)C(=O)O)cc1. The lowest BCUT2D eigenvalue weighted by Crippen LogP contribution is -2.37. The van der Waals surface area contributed by atoms with Crippen LogP contribution >= 0.6 is 23.2 Å². The Balaban J connectivity index is 1.70. The van der Waals surface area contributed by atoms with Gasteiger partial charge >= 0.3 is 5.97 Å². The molecule has 0 saturated carbocycles. The molecule has 3 aromatic rings. The number of hydrogen-bond donors (Lipinski definition) is 2. The normalized spacial score (nSPS) is 13.2. The summed E-state index contributed by atoms with van der Waals surface area (Å²) in [5.74, 6) is -0.400. The third-order valence-electron chi connectivity index (χ3n) is 5.69. The third-order valence-corrected chi connectivity index (χ3v) is 6.32. The van der Waals surface area contributed by atoms with Gasteiger partial charge in [0.25, 0.3) is 0 Å². The lowest BCUT2D eigenvalue weighted by atomic mass is 9.96. The molecule has 0 aliphatic carbocycles. The summed E-state index contributed by atoms with van der Waals surface area (Å²) in [6.07, 6.45) is 3.14. The number of aromatic nitrogens is 1. The number of nitrogens with zero attached hydrogens (tertiary/aromatic N) is 1. The molecule has 0 aliphatic rings. The molecule has 36 heavy (non-hydrogen) atoms. The molecular formula is C27H28Cl2N2O5. The largest absolute Gasteiger partial charge is 0.489 e. The smallest absolute Gasteiger partial charge is 0.320 e. The Bertz CT molecular complexity index is 1230. The number of ether oxygens (including phenoxy) is 1. The average molecular weight is 531 g/mol. The minimum atomic E-state index is -1.12. The summed E-state index contributed by atoms with van der Waals surface area (Å²) in [6.45, 7) is 5.84. The Hall–Kier alpha value is -3.13. The molecular weight excluding hydrogens is 503 g/mol. The second-order valence-corrected chi connectivity index (χ2v) is 9.64. The van der Waals surface area contributed by atoms with Gasteiger partial charge in [-0.3, -0.25) is 9.59 Å². The summed E-state index contributed by atoms with van der Waals surface area (Å²) in [5, 5.41) is 14.1. The van der Waals surface area contributed by atoms with E-state index in [9.17, 15) is 9.59 Å². The van der Waals surface area contributed by atoms with Crippen molar-refractivity contribution in [2.24, 2.45) is 11.7 Å². The molecule has 3 rings (SSSR count). The van der Waals surface area contributed by atoms with Crippen LogP contribution in [0.5, 0.6) is 5.75 Å². The fourth-order valence-electron chi connectivity index (χ4n) is 3.61. The number of aliphatic carboxylic acids is 1. The molecule has 2 atom stereocenters. The molecule has 7 nitrogen and oxygen atoms in total. The summed E-state index contributed by atoms with van der Waals surface area (Å²) >= 11 is 12.8. The molecule has 2 aromatic carbocycles. The van der Waals surface area contributed by atoms with Gasteiger partial charge in [0.1, 0.15) is 29.9 Å². The second kappa shape index (κ2) is 12.2. The number of benzene rings is 2. The minimum absolute atomic E-state index is 0.0554. The highest BCUT2D eigenvalue weighted by atomic mass is 35.5. The van der Waals surface area contributed by atoms with Crippen LogP contribution in [0, 0.1) is 5.92 Å². The average Bonchev–Trinajstić information content (AvgIpc) is 3.25. The topological polar surface area (TPSA) is 116 Å². The Morgan fingerprint density at radius 1 is 1.11 bits per heavy atom. The van der Waals surface area contributed by atoms with Crippen LogP contribution in [0.4, 0.5) is 0 Å². The summed E-state index contributed by atoms with van der Waals surface area (Å²) in [7, 11) is 0. The van der Waals surface area contributed by atoms with Crippen LogP contribution in [0.25, 0.3) is 17.3 Å². The maximum atomic E-state index is 12.1. The van der Waals surface area contributed by atoms with E-state index in [2.05, 4.69) is 5.16 Å². The van der Waals surface area contributed by atoms with Crippen molar-refractivity contribution in [3.8, 4) is 17.0 Å². The molecule has 0 radical (unpaired) electrons. The molecule has 9 heteroatoms. The molecule has 3 N–H and O–H groups in total. The predicted octanol–water partition coefficient (Wildman–Crippen LogP) is 6.37. The summed E-state index contributed by atoms with van der Waals surface area (Å²) in [4.78, 5) is 23.1. The van der Waals surface area contributed by atoms with E-state index in [0.717, 1.165) is 11.1 Å². The van der Waals surface area contributed by atoms with Crippen LogP contribution in [-0.4, -0.2) is 28.1 Å². The maximum Gasteiger partial charge on any atom is 0.320 e. The molecule has 0 amide bonds. The van der Waals surface area contributed by atoms with E-state index >= 15 is 0 Å². The first-order valence-corrected chi connectivity index (χ1v) is 12.2. The predicted molar refractivity (Wildman–Crippen MR) is 140 cm³/mol. The fraction of sp³-hybridized carbons (Fsp3) is 0.296. The van der Waals surface area contributed by atoms with Crippen LogP contribution in [0.15, 0.2) is 53.1 Å². The zero-order chi connectivity index (χ0) is 26.4. The van der Waals surface area contributed by atoms with E-state index in [4.69, 9.17) is 43.3 Å². The summed E-state index contributed by atoms with van der Waals surface area (Å²) in [5.41, 5.74) is 8.27. The van der Waals surface area contributed by atoms with E-state index in [-0.39, 0.29) is 24.7 Å². The second-order valence-electron chi connectivity index (χ2n) is 8.83. The lowest BCUT2D eigenvalue weighted by molar-refractivity contribution is -0.139. The van der Waals surface area contributed by atoms with Crippen molar-refractivity contribution < 1.29 is 24.0 Å². The van der Waals surface area contributed by atoms with Crippen LogP contribution in [-0.2, 0) is 16.2 Å². The van der Waals surface area contributed by atoms with Crippen molar-refractivity contribution in [1.82, 2.24) is 5.16 Å². The number of rotatable bonds is 11. The van der Waals surface area contributed by atoms with Gasteiger partial charge in [-0.2, -0.15) is 0 Å². The molecule has 0 spiro atoms. The van der Waals surface area contributed by atoms with Crippen molar-refractivity contribution >= 4 is 41.0 Å². The quantitative estimate of drug-likeness (QED) is 0.276. The van der Waals surface area contributed by atoms with E-state index in [1.807, 2.05) is 26.0 Å². The van der Waals surface area contributed by atoms with E-state index in [1.165, 1.54) is 6.08 Å². The van der Waals surface area contributed by atoms with E-state index in [1.54, 1.807) is 43.3 Å². The molecule has 0 bridgehead atoms. The first-order valence-electron chi connectivity index (χ1n) is 11.4. The Labute approximate surface area is 219 Å². The Kier molecular flexibility index (Phi) is 9.31.